The second-order valence-electron chi connectivity index (χ2n) is 4.28. The van der Waals surface area contributed by atoms with E-state index in [1.54, 1.807) is 12.4 Å². The second kappa shape index (κ2) is 5.75. The maximum atomic E-state index is 5.84. The Morgan fingerprint density at radius 1 is 1.05 bits per heavy atom. The van der Waals surface area contributed by atoms with E-state index in [1.165, 1.54) is 0 Å². The van der Waals surface area contributed by atoms with Gasteiger partial charge in [-0.15, -0.1) is 0 Å². The first-order chi connectivity index (χ1) is 9.81. The Balaban J connectivity index is 1.67. The molecular weight excluding hydrogens is 274 g/mol. The molecule has 20 heavy (non-hydrogen) atoms. The van der Waals surface area contributed by atoms with E-state index >= 15 is 0 Å². The number of anilines is 1. The van der Waals surface area contributed by atoms with Crippen LogP contribution in [0.15, 0.2) is 59.4 Å². The smallest absolute Gasteiger partial charge is 0.167 e. The Kier molecular flexibility index (Phi) is 3.65. The van der Waals surface area contributed by atoms with Crippen LogP contribution < -0.4 is 5.32 Å². The standard InChI is InChI=1S/C15H12ClN3O/c16-12-1-3-13(4-2-12)18-10-14-9-15(20-19-14)11-5-7-17-8-6-11/h1-9,18H,10H2. The third kappa shape index (κ3) is 2.97. The van der Waals surface area contributed by atoms with Gasteiger partial charge in [-0.25, -0.2) is 0 Å². The van der Waals surface area contributed by atoms with Gasteiger partial charge in [0.15, 0.2) is 5.76 Å². The second-order valence-corrected chi connectivity index (χ2v) is 4.72. The van der Waals surface area contributed by atoms with E-state index in [4.69, 9.17) is 16.1 Å². The summed E-state index contributed by atoms with van der Waals surface area (Å²) in [6.45, 7) is 0.593. The van der Waals surface area contributed by atoms with Gasteiger partial charge >= 0.3 is 0 Å². The zero-order valence-electron chi connectivity index (χ0n) is 10.6. The molecule has 5 heteroatoms. The summed E-state index contributed by atoms with van der Waals surface area (Å²) in [5, 5.41) is 8.02. The first kappa shape index (κ1) is 12.7. The number of aromatic nitrogens is 2. The topological polar surface area (TPSA) is 51.0 Å². The number of halogens is 1. The number of hydrogen-bond acceptors (Lipinski definition) is 4. The average molecular weight is 286 g/mol. The molecule has 3 rings (SSSR count). The highest BCUT2D eigenvalue weighted by Gasteiger charge is 2.06. The fraction of sp³-hybridized carbons (Fsp3) is 0.0667. The molecular formula is C15H12ClN3O. The van der Waals surface area contributed by atoms with Crippen LogP contribution in [0.2, 0.25) is 5.02 Å². The Labute approximate surface area is 121 Å². The van der Waals surface area contributed by atoms with Gasteiger partial charge in [0.25, 0.3) is 0 Å². The highest BCUT2D eigenvalue weighted by Crippen LogP contribution is 2.20. The fourth-order valence-corrected chi connectivity index (χ4v) is 1.93. The van der Waals surface area contributed by atoms with Crippen molar-refractivity contribution in [1.29, 1.82) is 0 Å². The first-order valence-corrected chi connectivity index (χ1v) is 6.54. The van der Waals surface area contributed by atoms with Crippen molar-refractivity contribution in [1.82, 2.24) is 10.1 Å². The molecule has 1 aromatic carbocycles. The molecule has 0 aliphatic carbocycles. The molecule has 100 valence electrons. The summed E-state index contributed by atoms with van der Waals surface area (Å²) in [6.07, 6.45) is 3.45. The summed E-state index contributed by atoms with van der Waals surface area (Å²) in [5.74, 6) is 0.736. The third-order valence-electron chi connectivity index (χ3n) is 2.84. The summed E-state index contributed by atoms with van der Waals surface area (Å²) in [4.78, 5) is 3.98. The molecule has 3 aromatic rings. The predicted octanol–water partition coefficient (Wildman–Crippen LogP) is 4.00. The maximum Gasteiger partial charge on any atom is 0.167 e. The molecule has 0 aliphatic heterocycles. The number of pyridine rings is 1. The Hall–Kier alpha value is -2.33. The summed E-state index contributed by atoms with van der Waals surface area (Å²) < 4.78 is 5.32. The van der Waals surface area contributed by atoms with Crippen LogP contribution in [0.3, 0.4) is 0 Å². The van der Waals surface area contributed by atoms with Crippen molar-refractivity contribution < 1.29 is 4.52 Å². The number of nitrogens with one attached hydrogen (secondary N) is 1. The van der Waals surface area contributed by atoms with Gasteiger partial charge in [0.2, 0.25) is 0 Å². The van der Waals surface area contributed by atoms with Crippen molar-refractivity contribution >= 4 is 17.3 Å². The van der Waals surface area contributed by atoms with E-state index in [1.807, 2.05) is 42.5 Å². The van der Waals surface area contributed by atoms with E-state index in [-0.39, 0.29) is 0 Å². The van der Waals surface area contributed by atoms with Crippen LogP contribution >= 0.6 is 11.6 Å². The highest BCUT2D eigenvalue weighted by molar-refractivity contribution is 6.30. The zero-order chi connectivity index (χ0) is 13.8. The summed E-state index contributed by atoms with van der Waals surface area (Å²) in [6, 6.07) is 13.2. The minimum absolute atomic E-state index is 0.593. The van der Waals surface area contributed by atoms with Gasteiger partial charge in [0.1, 0.15) is 5.69 Å². The Bertz CT molecular complexity index is 680. The fourth-order valence-electron chi connectivity index (χ4n) is 1.81. The summed E-state index contributed by atoms with van der Waals surface area (Å²) >= 11 is 5.84. The molecule has 2 heterocycles. The molecule has 0 fully saturated rings. The van der Waals surface area contributed by atoms with Gasteiger partial charge in [-0.2, -0.15) is 0 Å². The quantitative estimate of drug-likeness (QED) is 0.787. The van der Waals surface area contributed by atoms with Gasteiger partial charge in [0, 0.05) is 34.7 Å². The van der Waals surface area contributed by atoms with Crippen molar-refractivity contribution in [2.45, 2.75) is 6.54 Å². The van der Waals surface area contributed by atoms with Gasteiger partial charge in [-0.1, -0.05) is 16.8 Å². The molecule has 0 saturated carbocycles. The van der Waals surface area contributed by atoms with Crippen molar-refractivity contribution in [2.24, 2.45) is 0 Å². The van der Waals surface area contributed by atoms with Gasteiger partial charge in [0.05, 0.1) is 6.54 Å². The molecule has 0 bridgehead atoms. The molecule has 4 nitrogen and oxygen atoms in total. The number of nitrogens with zero attached hydrogens (tertiary/aromatic N) is 2. The maximum absolute atomic E-state index is 5.84. The SMILES string of the molecule is Clc1ccc(NCc2cc(-c3ccncc3)on2)cc1. The van der Waals surface area contributed by atoms with Crippen molar-refractivity contribution in [2.75, 3.05) is 5.32 Å². The lowest BCUT2D eigenvalue weighted by Crippen LogP contribution is -1.98. The Morgan fingerprint density at radius 3 is 2.55 bits per heavy atom. The number of benzene rings is 1. The lowest BCUT2D eigenvalue weighted by atomic mass is 10.2. The molecule has 2 aromatic heterocycles. The lowest BCUT2D eigenvalue weighted by Gasteiger charge is -2.03. The van der Waals surface area contributed by atoms with Crippen LogP contribution in [0.5, 0.6) is 0 Å². The minimum atomic E-state index is 0.593. The van der Waals surface area contributed by atoms with Crippen LogP contribution in [-0.2, 0) is 6.54 Å². The molecule has 0 amide bonds. The molecule has 0 aliphatic rings. The third-order valence-corrected chi connectivity index (χ3v) is 3.09. The van der Waals surface area contributed by atoms with Crippen molar-refractivity contribution in [3.63, 3.8) is 0 Å². The van der Waals surface area contributed by atoms with Crippen molar-refractivity contribution in [3.05, 3.63) is 65.6 Å². The predicted molar refractivity (Wildman–Crippen MR) is 78.5 cm³/mol. The van der Waals surface area contributed by atoms with Crippen molar-refractivity contribution in [3.8, 4) is 11.3 Å². The average Bonchev–Trinajstić information content (AvgIpc) is 2.97. The summed E-state index contributed by atoms with van der Waals surface area (Å²) in [7, 11) is 0. The minimum Gasteiger partial charge on any atom is -0.379 e. The molecule has 0 atom stereocenters. The van der Waals surface area contributed by atoms with E-state index in [0.717, 1.165) is 27.7 Å². The molecule has 0 spiro atoms. The molecule has 0 unspecified atom stereocenters. The van der Waals surface area contributed by atoms with E-state index in [2.05, 4.69) is 15.5 Å². The van der Waals surface area contributed by atoms with E-state index < -0.39 is 0 Å². The van der Waals surface area contributed by atoms with Crippen LogP contribution in [0, 0.1) is 0 Å². The monoisotopic (exact) mass is 285 g/mol. The molecule has 0 radical (unpaired) electrons. The largest absolute Gasteiger partial charge is 0.379 e. The zero-order valence-corrected chi connectivity index (χ0v) is 11.3. The summed E-state index contributed by atoms with van der Waals surface area (Å²) in [5.41, 5.74) is 2.79. The molecule has 1 N–H and O–H groups in total. The van der Waals surface area contributed by atoms with Crippen LogP contribution in [0.25, 0.3) is 11.3 Å². The van der Waals surface area contributed by atoms with Crippen LogP contribution in [-0.4, -0.2) is 10.1 Å². The van der Waals surface area contributed by atoms with E-state index in [9.17, 15) is 0 Å². The number of hydrogen-bond donors (Lipinski definition) is 1. The molecule has 0 saturated heterocycles. The lowest BCUT2D eigenvalue weighted by molar-refractivity contribution is 0.424. The Morgan fingerprint density at radius 2 is 1.80 bits per heavy atom. The normalized spacial score (nSPS) is 10.4. The van der Waals surface area contributed by atoms with Gasteiger partial charge in [-0.05, 0) is 36.4 Å². The highest BCUT2D eigenvalue weighted by atomic mass is 35.5. The van der Waals surface area contributed by atoms with Crippen LogP contribution in [0.1, 0.15) is 5.69 Å². The van der Waals surface area contributed by atoms with Gasteiger partial charge < -0.3 is 9.84 Å². The van der Waals surface area contributed by atoms with E-state index in [0.29, 0.717) is 6.54 Å². The van der Waals surface area contributed by atoms with Crippen LogP contribution in [0.4, 0.5) is 5.69 Å². The first-order valence-electron chi connectivity index (χ1n) is 6.17. The van der Waals surface area contributed by atoms with Gasteiger partial charge in [-0.3, -0.25) is 4.98 Å². The number of rotatable bonds is 4.